The molecule has 0 aliphatic carbocycles. The summed E-state index contributed by atoms with van der Waals surface area (Å²) < 4.78 is 8.16. The van der Waals surface area contributed by atoms with Crippen molar-refractivity contribution in [3.63, 3.8) is 0 Å². The molecule has 0 aromatic carbocycles. The van der Waals surface area contributed by atoms with Gasteiger partial charge in [-0.2, -0.15) is 8.73 Å². The van der Waals surface area contributed by atoms with Crippen LogP contribution in [-0.2, 0) is 11.4 Å². The lowest BCUT2D eigenvalue weighted by Gasteiger charge is -1.94. The molecule has 1 aliphatic heterocycles. The van der Waals surface area contributed by atoms with Gasteiger partial charge in [-0.1, -0.05) is 0 Å². The second kappa shape index (κ2) is 2.68. The van der Waals surface area contributed by atoms with Gasteiger partial charge in [-0.15, -0.1) is 11.3 Å². The van der Waals surface area contributed by atoms with Gasteiger partial charge in [0.1, 0.15) is 11.0 Å². The molecule has 0 fully saturated rings. The van der Waals surface area contributed by atoms with Crippen LogP contribution in [0.2, 0.25) is 0 Å². The van der Waals surface area contributed by atoms with Crippen molar-refractivity contribution in [1.82, 2.24) is 9.97 Å². The van der Waals surface area contributed by atoms with Gasteiger partial charge in [0.15, 0.2) is 0 Å². The molecule has 0 atom stereocenters. The van der Waals surface area contributed by atoms with Crippen molar-refractivity contribution in [3.8, 4) is 0 Å². The minimum atomic E-state index is 0.656. The number of rotatable bonds is 0. The third-order valence-corrected chi connectivity index (χ3v) is 3.60. The van der Waals surface area contributed by atoms with E-state index in [9.17, 15) is 0 Å². The molecule has 0 saturated heterocycles. The van der Waals surface area contributed by atoms with E-state index in [0.29, 0.717) is 11.6 Å². The van der Waals surface area contributed by atoms with Crippen molar-refractivity contribution in [3.05, 3.63) is 9.75 Å². The Morgan fingerprint density at radius 1 is 0.857 bits per heavy atom. The fraction of sp³-hybridized carbons (Fsp3) is 0.250. The van der Waals surface area contributed by atoms with Gasteiger partial charge >= 0.3 is 0 Å². The van der Waals surface area contributed by atoms with Gasteiger partial charge in [0.2, 0.25) is 11.6 Å². The van der Waals surface area contributed by atoms with E-state index < -0.39 is 0 Å². The zero-order valence-corrected chi connectivity index (χ0v) is 9.24. The molecule has 0 amide bonds. The van der Waals surface area contributed by atoms with E-state index in [1.54, 1.807) is 11.3 Å². The van der Waals surface area contributed by atoms with Crippen molar-refractivity contribution < 1.29 is 0 Å². The van der Waals surface area contributed by atoms with Gasteiger partial charge in [-0.25, -0.2) is 9.97 Å². The first-order chi connectivity index (χ1) is 6.75. The number of hydrogen-bond acceptors (Lipinski definition) is 5. The quantitative estimate of drug-likeness (QED) is 0.587. The van der Waals surface area contributed by atoms with Crippen LogP contribution in [0.1, 0.15) is 9.75 Å². The highest BCUT2D eigenvalue weighted by molar-refractivity contribution is 7.58. The largest absolute Gasteiger partial charge is 0.221 e. The topological polar surface area (TPSA) is 50.5 Å². The summed E-state index contributed by atoms with van der Waals surface area (Å²) in [5, 5.41) is 0. The Bertz CT molecular complexity index is 559. The number of nitrogens with zero attached hydrogens (tertiary/aromatic N) is 4. The van der Waals surface area contributed by atoms with Crippen molar-refractivity contribution in [2.24, 2.45) is 8.73 Å². The molecule has 1 aliphatic rings. The smallest absolute Gasteiger partial charge is 0.213 e. The third-order valence-electron chi connectivity index (χ3n) is 2.09. The molecule has 4 nitrogen and oxygen atoms in total. The second-order valence-corrected chi connectivity index (χ2v) is 5.00. The van der Waals surface area contributed by atoms with Crippen LogP contribution >= 0.6 is 11.3 Å². The zero-order chi connectivity index (χ0) is 9.71. The van der Waals surface area contributed by atoms with Gasteiger partial charge in [-0.3, -0.25) is 0 Å². The van der Waals surface area contributed by atoms with Gasteiger partial charge in [0.25, 0.3) is 0 Å². The molecular weight excluding hydrogens is 216 g/mol. The minimum Gasteiger partial charge on any atom is -0.221 e. The Morgan fingerprint density at radius 3 is 1.86 bits per heavy atom. The maximum absolute atomic E-state index is 4.44. The fourth-order valence-electron chi connectivity index (χ4n) is 1.46. The summed E-state index contributed by atoms with van der Waals surface area (Å²) in [6, 6.07) is 0. The molecule has 0 unspecified atom stereocenters. The number of aromatic nitrogens is 2. The standard InChI is InChI=1S/C8H6N4S2/c1-3-5-6(4(2)13-3)10-8-7(9-5)11-14-12-8/h1-2H3. The van der Waals surface area contributed by atoms with E-state index in [2.05, 4.69) is 32.5 Å². The van der Waals surface area contributed by atoms with Crippen molar-refractivity contribution in [2.45, 2.75) is 13.8 Å². The summed E-state index contributed by atoms with van der Waals surface area (Å²) in [6.07, 6.45) is 0. The van der Waals surface area contributed by atoms with Crippen LogP contribution in [0, 0.1) is 13.8 Å². The molecule has 14 heavy (non-hydrogen) atoms. The van der Waals surface area contributed by atoms with Crippen LogP contribution in [0.25, 0.3) is 11.0 Å². The van der Waals surface area contributed by atoms with E-state index in [-0.39, 0.29) is 0 Å². The predicted octanol–water partition coefficient (Wildman–Crippen LogP) is 3.03. The summed E-state index contributed by atoms with van der Waals surface area (Å²) in [5.74, 6) is 1.31. The lowest BCUT2D eigenvalue weighted by molar-refractivity contribution is 1.25. The molecule has 6 heteroatoms. The second-order valence-electron chi connectivity index (χ2n) is 3.05. The van der Waals surface area contributed by atoms with E-state index >= 15 is 0 Å². The van der Waals surface area contributed by atoms with E-state index in [1.165, 1.54) is 9.75 Å². The van der Waals surface area contributed by atoms with Gasteiger partial charge < -0.3 is 0 Å². The Kier molecular flexibility index (Phi) is 1.57. The monoisotopic (exact) mass is 222 g/mol. The van der Waals surface area contributed by atoms with Crippen LogP contribution in [-0.4, -0.2) is 9.97 Å². The van der Waals surface area contributed by atoms with E-state index in [0.717, 1.165) is 22.4 Å². The first-order valence-corrected chi connectivity index (χ1v) is 5.66. The number of hydrogen-bond donors (Lipinski definition) is 0. The normalized spacial score (nSPS) is 13.3. The van der Waals surface area contributed by atoms with Crippen LogP contribution in [0.3, 0.4) is 0 Å². The first kappa shape index (κ1) is 8.19. The first-order valence-electron chi connectivity index (χ1n) is 4.12. The van der Waals surface area contributed by atoms with Crippen LogP contribution < -0.4 is 0 Å². The molecule has 0 saturated carbocycles. The Balaban J connectivity index is 2.48. The summed E-state index contributed by atoms with van der Waals surface area (Å²) in [7, 11) is 0. The molecule has 0 radical (unpaired) electrons. The van der Waals surface area contributed by atoms with Crippen LogP contribution in [0.4, 0.5) is 11.6 Å². The van der Waals surface area contributed by atoms with Crippen molar-refractivity contribution >= 4 is 45.4 Å². The fourth-order valence-corrected chi connectivity index (χ4v) is 2.83. The van der Waals surface area contributed by atoms with Gasteiger partial charge in [-0.05, 0) is 13.8 Å². The number of aryl methyl sites for hydroxylation is 2. The molecular formula is C8H6N4S2. The number of thiophene rings is 1. The predicted molar refractivity (Wildman–Crippen MR) is 58.4 cm³/mol. The summed E-state index contributed by atoms with van der Waals surface area (Å²) in [4.78, 5) is 11.3. The Hall–Kier alpha value is -1.14. The highest BCUT2D eigenvalue weighted by Crippen LogP contribution is 2.34. The van der Waals surface area contributed by atoms with Gasteiger partial charge in [0.05, 0.1) is 11.4 Å². The average molecular weight is 222 g/mol. The highest BCUT2D eigenvalue weighted by atomic mass is 32.1. The molecule has 2 aromatic heterocycles. The lowest BCUT2D eigenvalue weighted by atomic mass is 10.3. The molecule has 0 bridgehead atoms. The summed E-state index contributed by atoms with van der Waals surface area (Å²) in [5.41, 5.74) is 1.93. The molecule has 3 heterocycles. The van der Waals surface area contributed by atoms with Crippen molar-refractivity contribution in [1.29, 1.82) is 0 Å². The molecule has 70 valence electrons. The maximum Gasteiger partial charge on any atom is 0.213 e. The average Bonchev–Trinajstić information content (AvgIpc) is 2.70. The molecule has 0 spiro atoms. The lowest BCUT2D eigenvalue weighted by Crippen LogP contribution is -1.82. The molecule has 3 rings (SSSR count). The summed E-state index contributed by atoms with van der Waals surface area (Å²) in [6.45, 7) is 4.11. The maximum atomic E-state index is 4.44. The number of fused-ring (bicyclic) bond motifs is 2. The SMILES string of the molecule is Cc1sc(C)c2nc3c(nc12)N=S=N3. The minimum absolute atomic E-state index is 0.656. The van der Waals surface area contributed by atoms with Crippen molar-refractivity contribution in [2.75, 3.05) is 0 Å². The Labute approximate surface area is 87.9 Å². The molecule has 2 aromatic rings. The van der Waals surface area contributed by atoms with E-state index in [1.807, 2.05) is 0 Å². The van der Waals surface area contributed by atoms with Crippen LogP contribution in [0.15, 0.2) is 8.73 Å². The molecule has 0 N–H and O–H groups in total. The zero-order valence-electron chi connectivity index (χ0n) is 7.61. The van der Waals surface area contributed by atoms with Gasteiger partial charge in [0, 0.05) is 9.75 Å². The Morgan fingerprint density at radius 2 is 1.36 bits per heavy atom. The summed E-state index contributed by atoms with van der Waals surface area (Å²) >= 11 is 2.88. The highest BCUT2D eigenvalue weighted by Gasteiger charge is 2.14. The van der Waals surface area contributed by atoms with E-state index in [4.69, 9.17) is 0 Å². The van der Waals surface area contributed by atoms with Crippen LogP contribution in [0.5, 0.6) is 0 Å². The third kappa shape index (κ3) is 0.978.